The van der Waals surface area contributed by atoms with Crippen LogP contribution < -0.4 is 9.47 Å². The van der Waals surface area contributed by atoms with Crippen molar-refractivity contribution in [2.24, 2.45) is 5.92 Å². The highest BCUT2D eigenvalue weighted by molar-refractivity contribution is 5.78. The van der Waals surface area contributed by atoms with Gasteiger partial charge >= 0.3 is 0 Å². The van der Waals surface area contributed by atoms with Crippen molar-refractivity contribution in [2.45, 2.75) is 25.7 Å². The minimum Gasteiger partial charge on any atom is -0.493 e. The summed E-state index contributed by atoms with van der Waals surface area (Å²) in [4.78, 5) is 14.5. The summed E-state index contributed by atoms with van der Waals surface area (Å²) in [5.41, 5.74) is 2.48. The first-order valence-corrected chi connectivity index (χ1v) is 9.92. The van der Waals surface area contributed by atoms with Crippen molar-refractivity contribution in [2.75, 3.05) is 26.8 Å². The minimum absolute atomic E-state index is 0.0374. The van der Waals surface area contributed by atoms with Gasteiger partial charge in [-0.15, -0.1) is 6.58 Å². The van der Waals surface area contributed by atoms with Crippen LogP contribution in [0.1, 0.15) is 24.0 Å². The maximum atomic E-state index is 12.6. The number of carbonyl (C=O) groups excluding carboxylic acids is 1. The summed E-state index contributed by atoms with van der Waals surface area (Å²) in [6, 6.07) is 16.3. The fourth-order valence-corrected chi connectivity index (χ4v) is 3.69. The second-order valence-electron chi connectivity index (χ2n) is 7.28. The molecular weight excluding hydrogens is 350 g/mol. The van der Waals surface area contributed by atoms with Crippen molar-refractivity contribution >= 4 is 5.91 Å². The number of rotatable bonds is 8. The molecule has 1 aliphatic heterocycles. The Balaban J connectivity index is 1.47. The predicted molar refractivity (Wildman–Crippen MR) is 112 cm³/mol. The Morgan fingerprint density at radius 3 is 2.54 bits per heavy atom. The summed E-state index contributed by atoms with van der Waals surface area (Å²) in [6.45, 7) is 5.40. The third kappa shape index (κ3) is 5.38. The molecule has 1 heterocycles. The van der Waals surface area contributed by atoms with Gasteiger partial charge in [0.15, 0.2) is 18.1 Å². The minimum atomic E-state index is 0.0374. The maximum absolute atomic E-state index is 12.6. The van der Waals surface area contributed by atoms with E-state index in [1.165, 1.54) is 5.56 Å². The first kappa shape index (κ1) is 20.0. The first-order chi connectivity index (χ1) is 13.7. The molecule has 1 saturated heterocycles. The van der Waals surface area contributed by atoms with Crippen molar-refractivity contribution in [3.63, 3.8) is 0 Å². The summed E-state index contributed by atoms with van der Waals surface area (Å²) in [5, 5.41) is 0. The van der Waals surface area contributed by atoms with E-state index in [9.17, 15) is 4.79 Å². The molecule has 0 aliphatic carbocycles. The van der Waals surface area contributed by atoms with Gasteiger partial charge in [0, 0.05) is 13.1 Å². The van der Waals surface area contributed by atoms with Crippen molar-refractivity contribution in [1.29, 1.82) is 0 Å². The number of nitrogens with zero attached hydrogens (tertiary/aromatic N) is 1. The molecule has 0 bridgehead atoms. The smallest absolute Gasteiger partial charge is 0.260 e. The van der Waals surface area contributed by atoms with Crippen LogP contribution in [0.3, 0.4) is 0 Å². The Kier molecular flexibility index (Phi) is 7.12. The van der Waals surface area contributed by atoms with Crippen molar-refractivity contribution in [1.82, 2.24) is 4.90 Å². The van der Waals surface area contributed by atoms with Crippen LogP contribution in [0.2, 0.25) is 0 Å². The van der Waals surface area contributed by atoms with Gasteiger partial charge in [-0.3, -0.25) is 4.79 Å². The molecule has 3 rings (SSSR count). The summed E-state index contributed by atoms with van der Waals surface area (Å²) in [7, 11) is 1.61. The number of hydrogen-bond donors (Lipinski definition) is 0. The fourth-order valence-electron chi connectivity index (χ4n) is 3.69. The molecule has 4 nitrogen and oxygen atoms in total. The molecule has 0 unspecified atom stereocenters. The highest BCUT2D eigenvalue weighted by Gasteiger charge is 2.23. The van der Waals surface area contributed by atoms with Gasteiger partial charge in [-0.25, -0.2) is 0 Å². The third-order valence-electron chi connectivity index (χ3n) is 5.29. The first-order valence-electron chi connectivity index (χ1n) is 9.92. The van der Waals surface area contributed by atoms with E-state index >= 15 is 0 Å². The number of allylic oxidation sites excluding steroid dienone is 1. The average molecular weight is 380 g/mol. The van der Waals surface area contributed by atoms with Crippen LogP contribution in [-0.4, -0.2) is 37.6 Å². The number of amides is 1. The molecule has 0 saturated carbocycles. The van der Waals surface area contributed by atoms with E-state index in [0.717, 1.165) is 44.3 Å². The van der Waals surface area contributed by atoms with Gasteiger partial charge in [0.25, 0.3) is 5.91 Å². The lowest BCUT2D eigenvalue weighted by molar-refractivity contribution is -0.134. The summed E-state index contributed by atoms with van der Waals surface area (Å²) >= 11 is 0. The summed E-state index contributed by atoms with van der Waals surface area (Å²) < 4.78 is 11.2. The van der Waals surface area contributed by atoms with E-state index in [1.54, 1.807) is 7.11 Å². The van der Waals surface area contributed by atoms with Crippen LogP contribution >= 0.6 is 0 Å². The molecule has 0 spiro atoms. The van der Waals surface area contributed by atoms with Crippen molar-refractivity contribution < 1.29 is 14.3 Å². The van der Waals surface area contributed by atoms with Gasteiger partial charge in [0.1, 0.15) is 0 Å². The summed E-state index contributed by atoms with van der Waals surface area (Å²) in [5.74, 6) is 1.93. The molecule has 2 aromatic carbocycles. The van der Waals surface area contributed by atoms with Crippen LogP contribution in [0, 0.1) is 5.92 Å². The molecule has 0 atom stereocenters. The number of methoxy groups -OCH3 is 1. The van der Waals surface area contributed by atoms with E-state index in [2.05, 4.69) is 30.8 Å². The van der Waals surface area contributed by atoms with Gasteiger partial charge < -0.3 is 14.4 Å². The Morgan fingerprint density at radius 2 is 1.86 bits per heavy atom. The normalized spacial score (nSPS) is 14.5. The van der Waals surface area contributed by atoms with E-state index in [0.29, 0.717) is 17.4 Å². The number of carbonyl (C=O) groups is 1. The zero-order chi connectivity index (χ0) is 19.8. The van der Waals surface area contributed by atoms with Gasteiger partial charge in [-0.1, -0.05) is 42.5 Å². The number of likely N-dealkylation sites (tertiary alicyclic amines) is 1. The van der Waals surface area contributed by atoms with Crippen molar-refractivity contribution in [3.8, 4) is 11.5 Å². The molecule has 148 valence electrons. The fraction of sp³-hybridized carbons (Fsp3) is 0.375. The molecule has 1 aliphatic rings. The van der Waals surface area contributed by atoms with E-state index in [-0.39, 0.29) is 12.5 Å². The van der Waals surface area contributed by atoms with Gasteiger partial charge in [0.05, 0.1) is 7.11 Å². The lowest BCUT2D eigenvalue weighted by Crippen LogP contribution is -2.41. The third-order valence-corrected chi connectivity index (χ3v) is 5.29. The molecule has 0 radical (unpaired) electrons. The standard InChI is InChI=1S/C24H29NO3/c1-3-7-19-10-11-22(23(17-19)27-2)28-18-24(26)25-14-12-21(13-15-25)16-20-8-5-4-6-9-20/h3-6,8-11,17,21H,1,7,12-16,18H2,2H3. The predicted octanol–water partition coefficient (Wildman–Crippen LogP) is 4.28. The second-order valence-corrected chi connectivity index (χ2v) is 7.28. The molecule has 0 aromatic heterocycles. The number of ether oxygens (including phenoxy) is 2. The number of benzene rings is 2. The molecule has 4 heteroatoms. The molecule has 1 amide bonds. The van der Waals surface area contributed by atoms with E-state index in [4.69, 9.17) is 9.47 Å². The largest absolute Gasteiger partial charge is 0.493 e. The average Bonchev–Trinajstić information content (AvgIpc) is 2.74. The molecular formula is C24H29NO3. The molecule has 1 fully saturated rings. The van der Waals surface area contributed by atoms with Crippen LogP contribution in [-0.2, 0) is 17.6 Å². The van der Waals surface area contributed by atoms with E-state index in [1.807, 2.05) is 35.2 Å². The molecule has 2 aromatic rings. The van der Waals surface area contributed by atoms with Crippen LogP contribution in [0.4, 0.5) is 0 Å². The quantitative estimate of drug-likeness (QED) is 0.643. The Bertz CT molecular complexity index is 780. The van der Waals surface area contributed by atoms with E-state index < -0.39 is 0 Å². The second kappa shape index (κ2) is 9.98. The zero-order valence-corrected chi connectivity index (χ0v) is 16.6. The van der Waals surface area contributed by atoms with Gasteiger partial charge in [-0.2, -0.15) is 0 Å². The summed E-state index contributed by atoms with van der Waals surface area (Å²) in [6.07, 6.45) is 5.79. The molecule has 0 N–H and O–H groups in total. The maximum Gasteiger partial charge on any atom is 0.260 e. The van der Waals surface area contributed by atoms with Gasteiger partial charge in [-0.05, 0) is 54.9 Å². The van der Waals surface area contributed by atoms with Crippen molar-refractivity contribution in [3.05, 3.63) is 72.3 Å². The Hall–Kier alpha value is -2.75. The number of hydrogen-bond acceptors (Lipinski definition) is 3. The van der Waals surface area contributed by atoms with Gasteiger partial charge in [0.2, 0.25) is 0 Å². The lowest BCUT2D eigenvalue weighted by Gasteiger charge is -2.32. The molecule has 28 heavy (non-hydrogen) atoms. The monoisotopic (exact) mass is 379 g/mol. The Morgan fingerprint density at radius 1 is 1.11 bits per heavy atom. The Labute approximate surface area is 167 Å². The lowest BCUT2D eigenvalue weighted by atomic mass is 9.90. The highest BCUT2D eigenvalue weighted by atomic mass is 16.5. The van der Waals surface area contributed by atoms with Crippen LogP contribution in [0.5, 0.6) is 11.5 Å². The highest BCUT2D eigenvalue weighted by Crippen LogP contribution is 2.28. The zero-order valence-electron chi connectivity index (χ0n) is 16.6. The topological polar surface area (TPSA) is 38.8 Å². The van der Waals surface area contributed by atoms with Crippen LogP contribution in [0.25, 0.3) is 0 Å². The van der Waals surface area contributed by atoms with Crippen LogP contribution in [0.15, 0.2) is 61.2 Å². The SMILES string of the molecule is C=CCc1ccc(OCC(=O)N2CCC(Cc3ccccc3)CC2)c(OC)c1. The number of piperidine rings is 1.